The molecule has 0 saturated heterocycles. The highest BCUT2D eigenvalue weighted by Gasteiger charge is 2.27. The van der Waals surface area contributed by atoms with E-state index in [1.54, 1.807) is 4.57 Å². The Balaban J connectivity index is 2.16. The lowest BCUT2D eigenvalue weighted by Gasteiger charge is -2.28. The van der Waals surface area contributed by atoms with Gasteiger partial charge in [0.05, 0.1) is 10.9 Å². The number of aryl methyl sites for hydroxylation is 2. The van der Waals surface area contributed by atoms with Crippen molar-refractivity contribution in [2.45, 2.75) is 31.7 Å². The van der Waals surface area contributed by atoms with Crippen LogP contribution in [0, 0.1) is 19.7 Å². The highest BCUT2D eigenvalue weighted by atomic mass is 32.2. The Bertz CT molecular complexity index is 1170. The van der Waals surface area contributed by atoms with Gasteiger partial charge < -0.3 is 9.67 Å². The second kappa shape index (κ2) is 6.20. The fourth-order valence-electron chi connectivity index (χ4n) is 3.63. The van der Waals surface area contributed by atoms with Crippen LogP contribution in [-0.4, -0.2) is 26.4 Å². The van der Waals surface area contributed by atoms with Gasteiger partial charge in [-0.1, -0.05) is 0 Å². The number of rotatable bonds is 2. The number of pyridine rings is 2. The van der Waals surface area contributed by atoms with Crippen LogP contribution in [-0.2, 0) is 0 Å². The van der Waals surface area contributed by atoms with Crippen molar-refractivity contribution in [1.29, 1.82) is 0 Å². The minimum atomic E-state index is -1.30. The molecule has 5 nitrogen and oxygen atoms in total. The van der Waals surface area contributed by atoms with Crippen LogP contribution in [0.1, 0.15) is 34.7 Å². The predicted octanol–water partition coefficient (Wildman–Crippen LogP) is 4.18. The average molecular weight is 384 g/mol. The van der Waals surface area contributed by atoms with Gasteiger partial charge in [0.15, 0.2) is 0 Å². The van der Waals surface area contributed by atoms with Crippen molar-refractivity contribution < 1.29 is 14.3 Å². The first-order valence-electron chi connectivity index (χ1n) is 8.51. The number of nitrogens with zero attached hydrogens (tertiary/aromatic N) is 2. The first kappa shape index (κ1) is 17.7. The van der Waals surface area contributed by atoms with Gasteiger partial charge in [-0.15, -0.1) is 11.8 Å². The molecule has 0 saturated carbocycles. The number of halogens is 1. The molecule has 0 aliphatic carbocycles. The van der Waals surface area contributed by atoms with Crippen LogP contribution in [0.15, 0.2) is 34.1 Å². The zero-order chi connectivity index (χ0) is 19.5. The maximum Gasteiger partial charge on any atom is 0.341 e. The first-order valence-corrected chi connectivity index (χ1v) is 9.49. The number of thioether (sulfide) groups is 1. The fourth-order valence-corrected chi connectivity index (χ4v) is 4.91. The molecule has 1 N–H and O–H groups in total. The summed E-state index contributed by atoms with van der Waals surface area (Å²) in [6, 6.07) is 4.80. The first-order chi connectivity index (χ1) is 12.8. The minimum absolute atomic E-state index is 0.0112. The molecule has 1 aromatic carbocycles. The van der Waals surface area contributed by atoms with Crippen LogP contribution >= 0.6 is 11.8 Å². The highest BCUT2D eigenvalue weighted by Crippen LogP contribution is 2.43. The van der Waals surface area contributed by atoms with E-state index in [1.165, 1.54) is 24.0 Å². The largest absolute Gasteiger partial charge is 0.477 e. The highest BCUT2D eigenvalue weighted by molar-refractivity contribution is 7.99. The number of carbonyl (C=O) groups is 1. The standard InChI is InChI=1S/C20H17FN2O3S/c1-9-4-12(5-10(2)22-9)16-15(21)6-13-17-19(16)27-8-11(3)23(17)7-14(18(13)24)20(25)26/h4-7,11H,8H2,1-3H3,(H,25,26)/t11-/m1/s1. The van der Waals surface area contributed by atoms with Gasteiger partial charge in [-0.3, -0.25) is 9.78 Å². The number of hydrogen-bond acceptors (Lipinski definition) is 4. The molecule has 0 fully saturated rings. The lowest BCUT2D eigenvalue weighted by molar-refractivity contribution is 0.0694. The van der Waals surface area contributed by atoms with Crippen molar-refractivity contribution >= 4 is 28.6 Å². The van der Waals surface area contributed by atoms with Crippen molar-refractivity contribution in [3.05, 3.63) is 57.4 Å². The van der Waals surface area contributed by atoms with E-state index in [1.807, 2.05) is 32.9 Å². The number of aromatic nitrogens is 2. The minimum Gasteiger partial charge on any atom is -0.477 e. The van der Waals surface area contributed by atoms with Crippen LogP contribution in [0.3, 0.4) is 0 Å². The van der Waals surface area contributed by atoms with Crippen molar-refractivity contribution in [2.24, 2.45) is 0 Å². The fraction of sp³-hybridized carbons (Fsp3) is 0.250. The normalized spacial score (nSPS) is 15.9. The number of hydrogen-bond donors (Lipinski definition) is 1. The Morgan fingerprint density at radius 2 is 1.96 bits per heavy atom. The SMILES string of the molecule is Cc1cc(-c2c(F)cc3c(=O)c(C(=O)O)cn4c3c2SC[C@H]4C)cc(C)n1. The monoisotopic (exact) mass is 384 g/mol. The van der Waals surface area contributed by atoms with E-state index in [0.717, 1.165) is 11.4 Å². The summed E-state index contributed by atoms with van der Waals surface area (Å²) >= 11 is 1.49. The lowest BCUT2D eigenvalue weighted by Crippen LogP contribution is -2.24. The Hall–Kier alpha value is -2.67. The van der Waals surface area contributed by atoms with E-state index in [-0.39, 0.29) is 17.0 Å². The van der Waals surface area contributed by atoms with Crippen LogP contribution in [0.2, 0.25) is 0 Å². The van der Waals surface area contributed by atoms with Gasteiger partial charge in [-0.2, -0.15) is 0 Å². The van der Waals surface area contributed by atoms with Gasteiger partial charge in [0.25, 0.3) is 0 Å². The maximum absolute atomic E-state index is 15.2. The van der Waals surface area contributed by atoms with E-state index in [4.69, 9.17) is 0 Å². The zero-order valence-electron chi connectivity index (χ0n) is 15.0. The van der Waals surface area contributed by atoms with Gasteiger partial charge in [-0.05, 0) is 44.5 Å². The second-order valence-corrected chi connectivity index (χ2v) is 7.87. The Kier molecular flexibility index (Phi) is 4.07. The molecule has 0 spiro atoms. The van der Waals surface area contributed by atoms with E-state index in [2.05, 4.69) is 4.98 Å². The molecule has 138 valence electrons. The van der Waals surface area contributed by atoms with E-state index < -0.39 is 17.2 Å². The zero-order valence-corrected chi connectivity index (χ0v) is 15.9. The number of aromatic carboxylic acids is 1. The molecule has 0 amide bonds. The molecule has 27 heavy (non-hydrogen) atoms. The molecule has 1 atom stereocenters. The summed E-state index contributed by atoms with van der Waals surface area (Å²) in [5, 5.41) is 9.47. The third-order valence-electron chi connectivity index (χ3n) is 4.77. The molecule has 3 aromatic rings. The summed E-state index contributed by atoms with van der Waals surface area (Å²) in [5.41, 5.74) is 2.31. The van der Waals surface area contributed by atoms with Crippen molar-refractivity contribution in [1.82, 2.24) is 9.55 Å². The third-order valence-corrected chi connectivity index (χ3v) is 6.10. The second-order valence-electron chi connectivity index (χ2n) is 6.84. The summed E-state index contributed by atoms with van der Waals surface area (Å²) in [6.07, 6.45) is 1.38. The molecular formula is C20H17FN2O3S. The van der Waals surface area contributed by atoms with E-state index in [0.29, 0.717) is 27.3 Å². The molecule has 1 aliphatic heterocycles. The molecule has 2 aromatic heterocycles. The lowest BCUT2D eigenvalue weighted by atomic mass is 10.00. The van der Waals surface area contributed by atoms with E-state index in [9.17, 15) is 14.7 Å². The summed E-state index contributed by atoms with van der Waals surface area (Å²) in [4.78, 5) is 29.1. The molecule has 4 rings (SSSR count). The van der Waals surface area contributed by atoms with Gasteiger partial charge in [0, 0.05) is 39.8 Å². The van der Waals surface area contributed by atoms with Crippen molar-refractivity contribution in [3.63, 3.8) is 0 Å². The van der Waals surface area contributed by atoms with Crippen LogP contribution in [0.4, 0.5) is 4.39 Å². The Labute approximate surface area is 158 Å². The Morgan fingerprint density at radius 3 is 2.59 bits per heavy atom. The van der Waals surface area contributed by atoms with Gasteiger partial charge in [0.1, 0.15) is 11.4 Å². The maximum atomic E-state index is 15.2. The van der Waals surface area contributed by atoms with Gasteiger partial charge >= 0.3 is 5.97 Å². The van der Waals surface area contributed by atoms with Crippen LogP contribution < -0.4 is 5.43 Å². The predicted molar refractivity (Wildman–Crippen MR) is 103 cm³/mol. The number of carboxylic acid groups (broad SMARTS) is 1. The smallest absolute Gasteiger partial charge is 0.341 e. The average Bonchev–Trinajstić information content (AvgIpc) is 2.58. The molecule has 0 bridgehead atoms. The number of benzene rings is 1. The molecule has 0 unspecified atom stereocenters. The molecule has 3 heterocycles. The quantitative estimate of drug-likeness (QED) is 0.717. The summed E-state index contributed by atoms with van der Waals surface area (Å²) < 4.78 is 16.9. The molecule has 0 radical (unpaired) electrons. The van der Waals surface area contributed by atoms with Gasteiger partial charge in [0.2, 0.25) is 5.43 Å². The van der Waals surface area contributed by atoms with E-state index >= 15 is 4.39 Å². The van der Waals surface area contributed by atoms with Gasteiger partial charge in [-0.25, -0.2) is 9.18 Å². The summed E-state index contributed by atoms with van der Waals surface area (Å²) in [5.74, 6) is -1.18. The molecule has 7 heteroatoms. The van der Waals surface area contributed by atoms with Crippen LogP contribution in [0.25, 0.3) is 22.0 Å². The van der Waals surface area contributed by atoms with Crippen LogP contribution in [0.5, 0.6) is 0 Å². The molecular weight excluding hydrogens is 367 g/mol. The third kappa shape index (κ3) is 2.73. The number of carboxylic acids is 1. The topological polar surface area (TPSA) is 72.2 Å². The summed E-state index contributed by atoms with van der Waals surface area (Å²) in [7, 11) is 0. The summed E-state index contributed by atoms with van der Waals surface area (Å²) in [6.45, 7) is 5.66. The molecule has 1 aliphatic rings. The Morgan fingerprint density at radius 1 is 1.30 bits per heavy atom. The van der Waals surface area contributed by atoms with Crippen molar-refractivity contribution in [2.75, 3.05) is 5.75 Å². The van der Waals surface area contributed by atoms with Crippen molar-refractivity contribution in [3.8, 4) is 11.1 Å².